The molecule has 0 amide bonds. The summed E-state index contributed by atoms with van der Waals surface area (Å²) in [7, 11) is 0. The van der Waals surface area contributed by atoms with Gasteiger partial charge in [0.25, 0.3) is 0 Å². The van der Waals surface area contributed by atoms with Crippen molar-refractivity contribution in [3.63, 3.8) is 0 Å². The van der Waals surface area contributed by atoms with Crippen molar-refractivity contribution in [3.8, 4) is 0 Å². The number of aromatic nitrogens is 2. The van der Waals surface area contributed by atoms with E-state index in [1.807, 2.05) is 0 Å². The lowest BCUT2D eigenvalue weighted by molar-refractivity contribution is 0.902. The topological polar surface area (TPSA) is 77.8 Å². The molecule has 0 saturated carbocycles. The van der Waals surface area contributed by atoms with Crippen LogP contribution < -0.4 is 11.5 Å². The molecule has 0 aliphatic rings. The molecule has 0 aliphatic carbocycles. The number of hydrogen-bond acceptors (Lipinski definition) is 6. The summed E-state index contributed by atoms with van der Waals surface area (Å²) in [5.74, 6) is 2.40. The van der Waals surface area contributed by atoms with Crippen molar-refractivity contribution in [2.45, 2.75) is 36.9 Å². The predicted molar refractivity (Wildman–Crippen MR) is 72.9 cm³/mol. The molecule has 1 heterocycles. The molecule has 0 unspecified atom stereocenters. The van der Waals surface area contributed by atoms with Gasteiger partial charge in [0.15, 0.2) is 11.0 Å². The second kappa shape index (κ2) is 6.85. The van der Waals surface area contributed by atoms with Crippen molar-refractivity contribution in [1.29, 1.82) is 0 Å². The molecular weight excluding hydrogens is 240 g/mol. The standard InChI is InChI=1S/C10H18N4S2/c1-3-5-15-9-7(11)8(12)13-10(14-9)16-6-4-2/h3-6,11H2,1-2H3,(H2,12,13,14). The first kappa shape index (κ1) is 13.4. The highest BCUT2D eigenvalue weighted by molar-refractivity contribution is 7.99. The fourth-order valence-electron chi connectivity index (χ4n) is 1.01. The second-order valence-corrected chi connectivity index (χ2v) is 5.45. The zero-order chi connectivity index (χ0) is 12.0. The average molecular weight is 258 g/mol. The lowest BCUT2D eigenvalue weighted by Gasteiger charge is -2.08. The van der Waals surface area contributed by atoms with E-state index in [0.29, 0.717) is 11.5 Å². The Balaban J connectivity index is 2.83. The smallest absolute Gasteiger partial charge is 0.190 e. The maximum Gasteiger partial charge on any atom is 0.190 e. The molecule has 1 aromatic rings. The molecule has 0 radical (unpaired) electrons. The number of anilines is 2. The number of hydrogen-bond donors (Lipinski definition) is 2. The molecule has 6 heteroatoms. The van der Waals surface area contributed by atoms with Crippen LogP contribution in [-0.2, 0) is 0 Å². The van der Waals surface area contributed by atoms with Gasteiger partial charge in [-0.15, -0.1) is 11.8 Å². The van der Waals surface area contributed by atoms with Crippen LogP contribution in [0.15, 0.2) is 10.2 Å². The summed E-state index contributed by atoms with van der Waals surface area (Å²) >= 11 is 3.26. The van der Waals surface area contributed by atoms with Crippen LogP contribution in [0, 0.1) is 0 Å². The largest absolute Gasteiger partial charge is 0.394 e. The number of thioether (sulfide) groups is 2. The number of nitrogens with two attached hydrogens (primary N) is 2. The van der Waals surface area contributed by atoms with E-state index in [1.165, 1.54) is 0 Å². The van der Waals surface area contributed by atoms with Gasteiger partial charge in [-0.25, -0.2) is 9.97 Å². The molecule has 0 atom stereocenters. The Bertz CT molecular complexity index is 344. The minimum atomic E-state index is 0.396. The van der Waals surface area contributed by atoms with Gasteiger partial charge in [-0.3, -0.25) is 0 Å². The molecule has 4 N–H and O–H groups in total. The van der Waals surface area contributed by atoms with Crippen LogP contribution in [0.2, 0.25) is 0 Å². The van der Waals surface area contributed by atoms with Crippen molar-refractivity contribution in [3.05, 3.63) is 0 Å². The van der Waals surface area contributed by atoms with E-state index >= 15 is 0 Å². The van der Waals surface area contributed by atoms with Crippen LogP contribution in [0.1, 0.15) is 26.7 Å². The van der Waals surface area contributed by atoms with Crippen LogP contribution in [-0.4, -0.2) is 21.5 Å². The van der Waals surface area contributed by atoms with E-state index in [0.717, 1.165) is 34.5 Å². The predicted octanol–water partition coefficient (Wildman–Crippen LogP) is 2.65. The molecule has 0 aromatic carbocycles. The van der Waals surface area contributed by atoms with E-state index in [4.69, 9.17) is 11.5 Å². The molecule has 0 bridgehead atoms. The number of rotatable bonds is 6. The zero-order valence-corrected chi connectivity index (χ0v) is 11.3. The fraction of sp³-hybridized carbons (Fsp3) is 0.600. The highest BCUT2D eigenvalue weighted by atomic mass is 32.2. The van der Waals surface area contributed by atoms with E-state index in [-0.39, 0.29) is 0 Å². The molecule has 16 heavy (non-hydrogen) atoms. The minimum Gasteiger partial charge on any atom is -0.394 e. The van der Waals surface area contributed by atoms with Gasteiger partial charge in [0, 0.05) is 5.75 Å². The van der Waals surface area contributed by atoms with Gasteiger partial charge in [0.2, 0.25) is 0 Å². The first-order valence-corrected chi connectivity index (χ1v) is 7.34. The number of nitrogen functional groups attached to an aromatic ring is 2. The molecule has 90 valence electrons. The normalized spacial score (nSPS) is 10.6. The fourth-order valence-corrected chi connectivity index (χ4v) is 2.58. The summed E-state index contributed by atoms with van der Waals surface area (Å²) in [4.78, 5) is 8.59. The highest BCUT2D eigenvalue weighted by Gasteiger charge is 2.09. The Morgan fingerprint density at radius 2 is 1.62 bits per heavy atom. The highest BCUT2D eigenvalue weighted by Crippen LogP contribution is 2.29. The molecule has 0 saturated heterocycles. The molecule has 0 aliphatic heterocycles. The summed E-state index contributed by atoms with van der Waals surface area (Å²) in [5, 5.41) is 1.54. The Morgan fingerprint density at radius 3 is 2.25 bits per heavy atom. The Hall–Kier alpha value is -0.620. The van der Waals surface area contributed by atoms with Crippen molar-refractivity contribution in [1.82, 2.24) is 9.97 Å². The lowest BCUT2D eigenvalue weighted by Crippen LogP contribution is -2.04. The van der Waals surface area contributed by atoms with Gasteiger partial charge in [0.05, 0.1) is 0 Å². The van der Waals surface area contributed by atoms with E-state index in [1.54, 1.807) is 23.5 Å². The molecule has 0 fully saturated rings. The molecule has 0 spiro atoms. The van der Waals surface area contributed by atoms with E-state index in [9.17, 15) is 0 Å². The van der Waals surface area contributed by atoms with Crippen LogP contribution in [0.25, 0.3) is 0 Å². The Labute approximate surface area is 105 Å². The van der Waals surface area contributed by atoms with Crippen LogP contribution in [0.3, 0.4) is 0 Å². The van der Waals surface area contributed by atoms with E-state index in [2.05, 4.69) is 23.8 Å². The minimum absolute atomic E-state index is 0.396. The first-order chi connectivity index (χ1) is 7.69. The maximum atomic E-state index is 5.84. The van der Waals surface area contributed by atoms with Gasteiger partial charge < -0.3 is 11.5 Å². The molecule has 4 nitrogen and oxygen atoms in total. The summed E-state index contributed by atoms with van der Waals surface area (Å²) in [6, 6.07) is 0. The third-order valence-corrected chi connectivity index (χ3v) is 4.05. The van der Waals surface area contributed by atoms with Gasteiger partial charge in [-0.1, -0.05) is 25.6 Å². The summed E-state index contributed by atoms with van der Waals surface area (Å²) in [6.07, 6.45) is 2.18. The van der Waals surface area contributed by atoms with Gasteiger partial charge >= 0.3 is 0 Å². The van der Waals surface area contributed by atoms with Gasteiger partial charge in [0.1, 0.15) is 10.7 Å². The third kappa shape index (κ3) is 3.75. The number of nitrogens with zero attached hydrogens (tertiary/aromatic N) is 2. The van der Waals surface area contributed by atoms with Gasteiger partial charge in [-0.2, -0.15) is 0 Å². The molecule has 1 aromatic heterocycles. The summed E-state index contributed by atoms with van der Waals surface area (Å²) in [5.41, 5.74) is 12.1. The van der Waals surface area contributed by atoms with Crippen molar-refractivity contribution >= 4 is 35.0 Å². The van der Waals surface area contributed by atoms with Crippen molar-refractivity contribution < 1.29 is 0 Å². The molecular formula is C10H18N4S2. The monoisotopic (exact) mass is 258 g/mol. The first-order valence-electron chi connectivity index (χ1n) is 5.37. The zero-order valence-electron chi connectivity index (χ0n) is 9.69. The van der Waals surface area contributed by atoms with Crippen molar-refractivity contribution in [2.75, 3.05) is 23.0 Å². The summed E-state index contributed by atoms with van der Waals surface area (Å²) < 4.78 is 0. The van der Waals surface area contributed by atoms with Gasteiger partial charge in [-0.05, 0) is 18.6 Å². The quantitative estimate of drug-likeness (QED) is 0.464. The average Bonchev–Trinajstić information content (AvgIpc) is 2.28. The third-order valence-electron chi connectivity index (χ3n) is 1.80. The van der Waals surface area contributed by atoms with Crippen LogP contribution >= 0.6 is 23.5 Å². The Kier molecular flexibility index (Phi) is 5.76. The second-order valence-electron chi connectivity index (χ2n) is 3.31. The van der Waals surface area contributed by atoms with Crippen LogP contribution in [0.4, 0.5) is 11.5 Å². The SMILES string of the molecule is CCCSc1nc(N)c(N)c(SCCC)n1. The molecule has 1 rings (SSSR count). The van der Waals surface area contributed by atoms with E-state index < -0.39 is 0 Å². The Morgan fingerprint density at radius 1 is 1.00 bits per heavy atom. The summed E-state index contributed by atoms with van der Waals surface area (Å²) in [6.45, 7) is 4.25. The lowest BCUT2D eigenvalue weighted by atomic mass is 10.5. The maximum absolute atomic E-state index is 5.84. The van der Waals surface area contributed by atoms with Crippen LogP contribution in [0.5, 0.6) is 0 Å². The van der Waals surface area contributed by atoms with Crippen molar-refractivity contribution in [2.24, 2.45) is 0 Å².